The molecule has 2 aromatic carbocycles. The van der Waals surface area contributed by atoms with E-state index in [1.54, 1.807) is 0 Å². The van der Waals surface area contributed by atoms with Gasteiger partial charge in [-0.3, -0.25) is 4.79 Å². The third-order valence-corrected chi connectivity index (χ3v) is 5.29. The summed E-state index contributed by atoms with van der Waals surface area (Å²) in [4.78, 5) is 23.3. The topological polar surface area (TPSA) is 102 Å². The third-order valence-electron chi connectivity index (χ3n) is 3.20. The summed E-state index contributed by atoms with van der Waals surface area (Å²) >= 11 is 3.14. The van der Waals surface area contributed by atoms with Crippen LogP contribution in [-0.2, 0) is 19.6 Å². The molecule has 0 spiro atoms. The van der Waals surface area contributed by atoms with Crippen LogP contribution in [0.5, 0.6) is 0 Å². The Balaban J connectivity index is 2.07. The molecular weight excluding hydrogens is 431 g/mol. The van der Waals surface area contributed by atoms with E-state index in [-0.39, 0.29) is 10.5 Å². The molecule has 0 aromatic heterocycles. The quantitative estimate of drug-likeness (QED) is 0.665. The second-order valence-electron chi connectivity index (χ2n) is 5.01. The zero-order valence-corrected chi connectivity index (χ0v) is 15.9. The minimum absolute atomic E-state index is 0.0335. The lowest BCUT2D eigenvalue weighted by Crippen LogP contribution is -2.33. The predicted octanol–water partition coefficient (Wildman–Crippen LogP) is 2.29. The second-order valence-corrected chi connectivity index (χ2v) is 7.63. The Kier molecular flexibility index (Phi) is 6.46. The zero-order chi connectivity index (χ0) is 19.3. The number of hydrogen-bond acceptors (Lipinski definition) is 5. The molecule has 7 nitrogen and oxygen atoms in total. The maximum atomic E-state index is 12.8. The van der Waals surface area contributed by atoms with Gasteiger partial charge in [0.25, 0.3) is 0 Å². The van der Waals surface area contributed by atoms with Gasteiger partial charge in [0.15, 0.2) is 0 Å². The average molecular weight is 445 g/mol. The van der Waals surface area contributed by atoms with Crippen LogP contribution in [-0.4, -0.2) is 33.9 Å². The Labute approximate surface area is 157 Å². The van der Waals surface area contributed by atoms with Gasteiger partial charge in [-0.1, -0.05) is 0 Å². The lowest BCUT2D eigenvalue weighted by Gasteiger charge is -2.09. The van der Waals surface area contributed by atoms with Crippen molar-refractivity contribution in [3.63, 3.8) is 0 Å². The summed E-state index contributed by atoms with van der Waals surface area (Å²) in [5.41, 5.74) is 0.360. The molecular formula is C16H14BrFN2O5S. The normalized spacial score (nSPS) is 11.0. The molecule has 0 fully saturated rings. The molecule has 0 bridgehead atoms. The maximum Gasteiger partial charge on any atom is 0.339 e. The van der Waals surface area contributed by atoms with Crippen LogP contribution in [0.25, 0.3) is 0 Å². The van der Waals surface area contributed by atoms with Crippen LogP contribution >= 0.6 is 15.9 Å². The van der Waals surface area contributed by atoms with Crippen LogP contribution in [0, 0.1) is 5.82 Å². The Morgan fingerprint density at radius 2 is 1.81 bits per heavy atom. The number of hydrogen-bond donors (Lipinski definition) is 2. The number of ether oxygens (including phenoxy) is 1. The SMILES string of the molecule is COC(=O)c1cc(S(=O)(=O)NCC(=O)Nc2ccc(F)cc2)ccc1Br. The molecule has 2 rings (SSSR count). The van der Waals surface area contributed by atoms with E-state index in [1.807, 2.05) is 0 Å². The summed E-state index contributed by atoms with van der Waals surface area (Å²) in [6, 6.07) is 8.82. The van der Waals surface area contributed by atoms with E-state index in [4.69, 9.17) is 0 Å². The standard InChI is InChI=1S/C16H14BrFN2O5S/c1-25-16(22)13-8-12(6-7-14(13)17)26(23,24)19-9-15(21)20-11-4-2-10(18)3-5-11/h2-8,19H,9H2,1H3,(H,20,21). The van der Waals surface area contributed by atoms with Crippen molar-refractivity contribution in [1.29, 1.82) is 0 Å². The van der Waals surface area contributed by atoms with Crippen molar-refractivity contribution in [3.05, 3.63) is 58.3 Å². The zero-order valence-electron chi connectivity index (χ0n) is 13.5. The maximum absolute atomic E-state index is 12.8. The first-order valence-electron chi connectivity index (χ1n) is 7.16. The van der Waals surface area contributed by atoms with Gasteiger partial charge in [0.1, 0.15) is 5.82 Å². The van der Waals surface area contributed by atoms with Gasteiger partial charge in [-0.05, 0) is 58.4 Å². The van der Waals surface area contributed by atoms with E-state index in [9.17, 15) is 22.4 Å². The van der Waals surface area contributed by atoms with Crippen molar-refractivity contribution in [2.24, 2.45) is 0 Å². The molecule has 10 heteroatoms. The molecule has 138 valence electrons. The molecule has 0 aliphatic rings. The van der Waals surface area contributed by atoms with Gasteiger partial charge >= 0.3 is 5.97 Å². The summed E-state index contributed by atoms with van der Waals surface area (Å²) < 4.78 is 44.5. The average Bonchev–Trinajstić information content (AvgIpc) is 2.61. The molecule has 0 saturated heterocycles. The Morgan fingerprint density at radius 1 is 1.15 bits per heavy atom. The number of sulfonamides is 1. The number of halogens is 2. The molecule has 0 heterocycles. The highest BCUT2D eigenvalue weighted by Gasteiger charge is 2.19. The number of esters is 1. The largest absolute Gasteiger partial charge is 0.465 e. The Hall–Kier alpha value is -2.30. The summed E-state index contributed by atoms with van der Waals surface area (Å²) in [5.74, 6) is -1.80. The van der Waals surface area contributed by atoms with E-state index >= 15 is 0 Å². The number of rotatable bonds is 6. The highest BCUT2D eigenvalue weighted by Crippen LogP contribution is 2.21. The predicted molar refractivity (Wildman–Crippen MR) is 95.7 cm³/mol. The van der Waals surface area contributed by atoms with Gasteiger partial charge in [-0.15, -0.1) is 0 Å². The van der Waals surface area contributed by atoms with Crippen molar-refractivity contribution in [2.75, 3.05) is 19.0 Å². The number of carbonyl (C=O) groups excluding carboxylic acids is 2. The number of anilines is 1. The number of methoxy groups -OCH3 is 1. The molecule has 0 unspecified atom stereocenters. The smallest absolute Gasteiger partial charge is 0.339 e. The number of carbonyl (C=O) groups is 2. The fourth-order valence-electron chi connectivity index (χ4n) is 1.92. The van der Waals surface area contributed by atoms with E-state index in [0.29, 0.717) is 10.2 Å². The molecule has 2 N–H and O–H groups in total. The first-order chi connectivity index (χ1) is 12.2. The monoisotopic (exact) mass is 444 g/mol. The van der Waals surface area contributed by atoms with E-state index in [1.165, 1.54) is 31.4 Å². The van der Waals surface area contributed by atoms with Crippen LogP contribution in [0.4, 0.5) is 10.1 Å². The molecule has 2 aromatic rings. The van der Waals surface area contributed by atoms with Crippen molar-refractivity contribution in [1.82, 2.24) is 4.72 Å². The van der Waals surface area contributed by atoms with Gasteiger partial charge in [0, 0.05) is 10.2 Å². The molecule has 1 amide bonds. The summed E-state index contributed by atoms with van der Waals surface area (Å²) in [6.45, 7) is -0.538. The lowest BCUT2D eigenvalue weighted by atomic mass is 10.2. The fraction of sp³-hybridized carbons (Fsp3) is 0.125. The summed E-state index contributed by atoms with van der Waals surface area (Å²) in [5, 5.41) is 2.43. The van der Waals surface area contributed by atoms with E-state index < -0.39 is 34.3 Å². The first kappa shape index (κ1) is 20.0. The van der Waals surface area contributed by atoms with Crippen LogP contribution in [0.2, 0.25) is 0 Å². The Morgan fingerprint density at radius 3 is 2.42 bits per heavy atom. The molecule has 0 radical (unpaired) electrons. The van der Waals surface area contributed by atoms with Crippen LogP contribution < -0.4 is 10.0 Å². The van der Waals surface area contributed by atoms with Gasteiger partial charge < -0.3 is 10.1 Å². The van der Waals surface area contributed by atoms with Crippen molar-refractivity contribution < 1.29 is 27.1 Å². The highest BCUT2D eigenvalue weighted by atomic mass is 79.9. The molecule has 0 saturated carbocycles. The van der Waals surface area contributed by atoms with Gasteiger partial charge in [0.2, 0.25) is 15.9 Å². The lowest BCUT2D eigenvalue weighted by molar-refractivity contribution is -0.115. The first-order valence-corrected chi connectivity index (χ1v) is 9.43. The van der Waals surface area contributed by atoms with Crippen LogP contribution in [0.1, 0.15) is 10.4 Å². The molecule has 26 heavy (non-hydrogen) atoms. The number of benzene rings is 2. The summed E-state index contributed by atoms with van der Waals surface area (Å²) in [6.07, 6.45) is 0. The molecule has 0 aliphatic carbocycles. The molecule has 0 atom stereocenters. The number of nitrogens with one attached hydrogen (secondary N) is 2. The second kappa shape index (κ2) is 8.39. The van der Waals surface area contributed by atoms with E-state index in [2.05, 4.69) is 30.7 Å². The van der Waals surface area contributed by atoms with Crippen LogP contribution in [0.15, 0.2) is 51.8 Å². The van der Waals surface area contributed by atoms with Crippen molar-refractivity contribution >= 4 is 43.5 Å². The van der Waals surface area contributed by atoms with Crippen molar-refractivity contribution in [2.45, 2.75) is 4.90 Å². The Bertz CT molecular complexity index is 932. The third kappa shape index (κ3) is 5.10. The molecule has 0 aliphatic heterocycles. The number of amides is 1. The van der Waals surface area contributed by atoms with Gasteiger partial charge in [-0.2, -0.15) is 0 Å². The van der Waals surface area contributed by atoms with Crippen molar-refractivity contribution in [3.8, 4) is 0 Å². The minimum Gasteiger partial charge on any atom is -0.465 e. The van der Waals surface area contributed by atoms with Gasteiger partial charge in [-0.25, -0.2) is 22.3 Å². The fourth-order valence-corrected chi connectivity index (χ4v) is 3.34. The van der Waals surface area contributed by atoms with E-state index in [0.717, 1.165) is 18.2 Å². The van der Waals surface area contributed by atoms with Gasteiger partial charge in [0.05, 0.1) is 24.1 Å². The summed E-state index contributed by atoms with van der Waals surface area (Å²) in [7, 11) is -2.86. The highest BCUT2D eigenvalue weighted by molar-refractivity contribution is 9.10. The minimum atomic E-state index is -4.03. The van der Waals surface area contributed by atoms with Crippen LogP contribution in [0.3, 0.4) is 0 Å².